The van der Waals surface area contributed by atoms with Crippen LogP contribution in [0.25, 0.3) is 53.2 Å². The molecule has 0 bridgehead atoms. The highest BCUT2D eigenvalue weighted by molar-refractivity contribution is 7.26. The fraction of sp³-hybridized carbons (Fsp3) is 0.0588. The molecule has 3 unspecified atom stereocenters. The number of aromatic nitrogens is 1. The van der Waals surface area contributed by atoms with E-state index in [1.807, 2.05) is 47.7 Å². The van der Waals surface area contributed by atoms with E-state index in [9.17, 15) is 0 Å². The second-order valence-corrected chi connectivity index (χ2v) is 15.9. The number of rotatable bonds is 5. The van der Waals surface area contributed by atoms with Gasteiger partial charge in [-0.15, -0.1) is 11.3 Å². The van der Waals surface area contributed by atoms with E-state index < -0.39 is 0 Å². The van der Waals surface area contributed by atoms with E-state index in [1.165, 1.54) is 64.4 Å². The summed E-state index contributed by atoms with van der Waals surface area (Å²) in [6.45, 7) is 0. The Morgan fingerprint density at radius 2 is 1.33 bits per heavy atom. The summed E-state index contributed by atoms with van der Waals surface area (Å²) in [4.78, 5) is 10.3. The Morgan fingerprint density at radius 3 is 2.12 bits per heavy atom. The van der Waals surface area contributed by atoms with Gasteiger partial charge in [0.05, 0.1) is 11.0 Å². The van der Waals surface area contributed by atoms with Crippen LogP contribution in [0.4, 0.5) is 0 Å². The van der Waals surface area contributed by atoms with Crippen LogP contribution in [0.1, 0.15) is 39.9 Å². The van der Waals surface area contributed by atoms with Crippen LogP contribution in [-0.4, -0.2) is 22.3 Å². The highest BCUT2D eigenvalue weighted by atomic mass is 32.1. The zero-order chi connectivity index (χ0) is 37.5. The maximum absolute atomic E-state index is 6.98. The number of nitrogens with zero attached hydrogens (tertiary/aromatic N) is 3. The molecule has 9 aromatic rings. The summed E-state index contributed by atoms with van der Waals surface area (Å²) in [7, 11) is 0. The Kier molecular flexibility index (Phi) is 7.22. The first kappa shape index (κ1) is 32.2. The van der Waals surface area contributed by atoms with Gasteiger partial charge in [0.25, 0.3) is 0 Å². The summed E-state index contributed by atoms with van der Waals surface area (Å²) in [5.74, 6) is 2.45. The van der Waals surface area contributed by atoms with E-state index in [0.29, 0.717) is 5.84 Å². The quantitative estimate of drug-likeness (QED) is 0.190. The van der Waals surface area contributed by atoms with Crippen LogP contribution in [-0.2, 0) is 0 Å². The van der Waals surface area contributed by atoms with Crippen molar-refractivity contribution in [2.24, 2.45) is 9.98 Å². The smallest absolute Gasteiger partial charge is 0.159 e. The highest BCUT2D eigenvalue weighted by Crippen LogP contribution is 2.51. The SMILES string of the molecule is C1=CC2c3c(cccc3C3N=C(c4ccccc4)N=C(c4ccccc4)N3)OC2C(c2cccc3c2sc2cc(-n4c5ccccc5c5ccccc54)ccc23)=C1. The zero-order valence-corrected chi connectivity index (χ0v) is 31.5. The van der Waals surface area contributed by atoms with Gasteiger partial charge in [-0.2, -0.15) is 0 Å². The van der Waals surface area contributed by atoms with E-state index in [1.54, 1.807) is 0 Å². The molecule has 2 aliphatic heterocycles. The van der Waals surface area contributed by atoms with Gasteiger partial charge in [0.1, 0.15) is 23.9 Å². The minimum absolute atomic E-state index is 0.0268. The van der Waals surface area contributed by atoms with Crippen molar-refractivity contribution in [2.75, 3.05) is 0 Å². The lowest BCUT2D eigenvalue weighted by Crippen LogP contribution is -2.34. The fourth-order valence-corrected chi connectivity index (χ4v) is 10.4. The number of ether oxygens (including phenoxy) is 1. The van der Waals surface area contributed by atoms with Crippen LogP contribution in [0.3, 0.4) is 0 Å². The Labute approximate surface area is 333 Å². The third kappa shape index (κ3) is 5.07. The first-order valence-electron chi connectivity index (χ1n) is 19.4. The molecular formula is C51H34N4OS. The van der Waals surface area contributed by atoms with Crippen LogP contribution in [0.5, 0.6) is 5.75 Å². The monoisotopic (exact) mass is 750 g/mol. The fourth-order valence-electron chi connectivity index (χ4n) is 9.11. The van der Waals surface area contributed by atoms with Crippen molar-refractivity contribution in [3.05, 3.63) is 210 Å². The van der Waals surface area contributed by atoms with Crippen molar-refractivity contribution in [2.45, 2.75) is 18.2 Å². The number of hydrogen-bond acceptors (Lipinski definition) is 5. The Balaban J connectivity index is 0.934. The summed E-state index contributed by atoms with van der Waals surface area (Å²) in [5, 5.41) is 8.78. The molecule has 5 nitrogen and oxygen atoms in total. The van der Waals surface area contributed by atoms with Crippen LogP contribution in [0.2, 0.25) is 0 Å². The number of para-hydroxylation sites is 2. The molecular weight excluding hydrogens is 717 g/mol. The lowest BCUT2D eigenvalue weighted by molar-refractivity contribution is 0.278. The molecule has 0 saturated heterocycles. The van der Waals surface area contributed by atoms with Crippen molar-refractivity contribution < 1.29 is 4.74 Å². The third-order valence-electron chi connectivity index (χ3n) is 11.7. The topological polar surface area (TPSA) is 50.9 Å². The average molecular weight is 751 g/mol. The summed E-state index contributed by atoms with van der Waals surface area (Å²) < 4.78 is 11.9. The van der Waals surface area contributed by atoms with Crippen molar-refractivity contribution in [3.63, 3.8) is 0 Å². The molecule has 1 N–H and O–H groups in total. The van der Waals surface area contributed by atoms with Gasteiger partial charge in [-0.3, -0.25) is 0 Å². The third-order valence-corrected chi connectivity index (χ3v) is 12.9. The zero-order valence-electron chi connectivity index (χ0n) is 30.7. The minimum Gasteiger partial charge on any atom is -0.484 e. The predicted molar refractivity (Wildman–Crippen MR) is 236 cm³/mol. The normalized spacial score (nSPS) is 18.5. The molecule has 0 fully saturated rings. The molecule has 2 aromatic heterocycles. The van der Waals surface area contributed by atoms with Crippen LogP contribution < -0.4 is 10.1 Å². The van der Waals surface area contributed by atoms with Crippen molar-refractivity contribution >= 4 is 70.6 Å². The maximum atomic E-state index is 6.98. The minimum atomic E-state index is -0.345. The summed E-state index contributed by atoms with van der Waals surface area (Å²) in [5.41, 5.74) is 10.3. The van der Waals surface area contributed by atoms with Gasteiger partial charge in [-0.1, -0.05) is 152 Å². The molecule has 6 heteroatoms. The lowest BCUT2D eigenvalue weighted by atomic mass is 9.82. The molecule has 0 amide bonds. The Bertz CT molecular complexity index is 3150. The van der Waals surface area contributed by atoms with Gasteiger partial charge in [-0.05, 0) is 35.9 Å². The Morgan fingerprint density at radius 1 is 0.632 bits per heavy atom. The molecule has 270 valence electrons. The summed E-state index contributed by atoms with van der Waals surface area (Å²) in [6, 6.07) is 58.0. The molecule has 0 spiro atoms. The number of hydrogen-bond donors (Lipinski definition) is 1. The van der Waals surface area contributed by atoms with E-state index in [4.69, 9.17) is 14.7 Å². The van der Waals surface area contributed by atoms with Crippen LogP contribution in [0, 0.1) is 0 Å². The summed E-state index contributed by atoms with van der Waals surface area (Å²) in [6.07, 6.45) is 6.24. The number of aliphatic imine (C=N–C) groups is 2. The van der Waals surface area contributed by atoms with Crippen molar-refractivity contribution in [1.29, 1.82) is 0 Å². The molecule has 4 heterocycles. The molecule has 57 heavy (non-hydrogen) atoms. The van der Waals surface area contributed by atoms with Gasteiger partial charge in [0.15, 0.2) is 5.84 Å². The number of allylic oxidation sites excluding steroid dienone is 2. The first-order chi connectivity index (χ1) is 28.3. The number of benzene rings is 7. The van der Waals surface area contributed by atoms with E-state index >= 15 is 0 Å². The van der Waals surface area contributed by atoms with Crippen molar-refractivity contribution in [1.82, 2.24) is 9.88 Å². The molecule has 1 aliphatic carbocycles. The van der Waals surface area contributed by atoms with Crippen LogP contribution in [0.15, 0.2) is 192 Å². The molecule has 12 rings (SSSR count). The molecule has 3 atom stereocenters. The number of nitrogens with one attached hydrogen (secondary N) is 1. The molecule has 7 aromatic carbocycles. The maximum Gasteiger partial charge on any atom is 0.159 e. The van der Waals surface area contributed by atoms with Gasteiger partial charge >= 0.3 is 0 Å². The molecule has 0 saturated carbocycles. The number of amidine groups is 2. The Hall–Kier alpha value is -7.02. The van der Waals surface area contributed by atoms with Gasteiger partial charge in [-0.25, -0.2) is 9.98 Å². The number of thiophene rings is 1. The molecule has 3 aliphatic rings. The van der Waals surface area contributed by atoms with E-state index in [0.717, 1.165) is 28.3 Å². The van der Waals surface area contributed by atoms with Gasteiger partial charge in [0.2, 0.25) is 0 Å². The first-order valence-corrected chi connectivity index (χ1v) is 20.2. The average Bonchev–Trinajstić information content (AvgIpc) is 3.96. The highest BCUT2D eigenvalue weighted by Gasteiger charge is 2.41. The van der Waals surface area contributed by atoms with Crippen molar-refractivity contribution in [3.8, 4) is 11.4 Å². The predicted octanol–water partition coefficient (Wildman–Crippen LogP) is 12.1. The summed E-state index contributed by atoms with van der Waals surface area (Å²) >= 11 is 1.87. The lowest BCUT2D eigenvalue weighted by Gasteiger charge is -2.27. The van der Waals surface area contributed by atoms with Gasteiger partial charge < -0.3 is 14.6 Å². The second kappa shape index (κ2) is 12.8. The van der Waals surface area contributed by atoms with E-state index in [2.05, 4.69) is 156 Å². The molecule has 0 radical (unpaired) electrons. The largest absolute Gasteiger partial charge is 0.484 e. The number of fused-ring (bicyclic) bond motifs is 9. The van der Waals surface area contributed by atoms with Gasteiger partial charge in [0, 0.05) is 70.4 Å². The standard InChI is InChI=1S/C51H34N4OS/c1-3-14-31(15-4-1)49-52-50(32-16-5-2-6-17-32)54-51(53-49)41-24-13-27-44-46(41)40-23-11-20-37(47(40)56-44)39-22-12-21-38-36-29-28-33(30-45(36)57-48(38)39)55-42-25-9-7-18-34(42)35-19-8-10-26-43(35)55/h1-30,40,47,51H,(H,52,53,54). The van der Waals surface area contributed by atoms with E-state index in [-0.39, 0.29) is 18.2 Å². The second-order valence-electron chi connectivity index (χ2n) is 14.9. The van der Waals surface area contributed by atoms with Crippen LogP contribution >= 0.6 is 11.3 Å².